The van der Waals surface area contributed by atoms with Crippen molar-refractivity contribution in [2.75, 3.05) is 17.3 Å². The third kappa shape index (κ3) is 3.02. The van der Waals surface area contributed by atoms with Crippen molar-refractivity contribution in [3.63, 3.8) is 0 Å². The molecule has 0 unspecified atom stereocenters. The highest BCUT2D eigenvalue weighted by Crippen LogP contribution is 2.29. The van der Waals surface area contributed by atoms with Crippen LogP contribution in [0.25, 0.3) is 10.3 Å². The van der Waals surface area contributed by atoms with Crippen molar-refractivity contribution in [3.05, 3.63) is 40.9 Å². The molecule has 3 rings (SSSR count). The summed E-state index contributed by atoms with van der Waals surface area (Å²) < 4.78 is 1.01. The number of aromatic nitrogens is 2. The Bertz CT molecular complexity index is 834. The third-order valence-corrected chi connectivity index (χ3v) is 4.42. The van der Waals surface area contributed by atoms with E-state index in [9.17, 15) is 4.79 Å². The van der Waals surface area contributed by atoms with Crippen LogP contribution >= 0.6 is 27.3 Å². The zero-order valence-electron chi connectivity index (χ0n) is 11.4. The number of thiazole rings is 1. The number of halogens is 1. The molecule has 3 aromatic rings. The Kier molecular flexibility index (Phi) is 3.95. The number of amides is 1. The monoisotopic (exact) mass is 378 g/mol. The smallest absolute Gasteiger partial charge is 0.410 e. The van der Waals surface area contributed by atoms with Gasteiger partial charge >= 0.3 is 6.09 Å². The van der Waals surface area contributed by atoms with Crippen molar-refractivity contribution in [1.29, 1.82) is 0 Å². The fourth-order valence-electron chi connectivity index (χ4n) is 1.94. The highest BCUT2D eigenvalue weighted by atomic mass is 79.9. The lowest BCUT2D eigenvalue weighted by Gasteiger charge is -2.18. The van der Waals surface area contributed by atoms with Gasteiger partial charge in [0.1, 0.15) is 16.2 Å². The highest BCUT2D eigenvalue weighted by molar-refractivity contribution is 9.10. The number of pyridine rings is 1. The second-order valence-corrected chi connectivity index (χ2v) is 6.37. The van der Waals surface area contributed by atoms with Crippen LogP contribution in [-0.2, 0) is 0 Å². The molecule has 1 amide bonds. The van der Waals surface area contributed by atoms with Gasteiger partial charge in [-0.3, -0.25) is 5.32 Å². The molecule has 0 fully saturated rings. The molecule has 2 aromatic heterocycles. The van der Waals surface area contributed by atoms with Crippen LogP contribution in [0.4, 0.5) is 21.4 Å². The van der Waals surface area contributed by atoms with Gasteiger partial charge in [-0.25, -0.2) is 14.8 Å². The Morgan fingerprint density at radius 1 is 1.23 bits per heavy atom. The molecule has 2 heterocycles. The molecule has 1 aromatic carbocycles. The first-order valence-corrected chi connectivity index (χ1v) is 7.91. The van der Waals surface area contributed by atoms with Crippen molar-refractivity contribution in [3.8, 4) is 0 Å². The van der Waals surface area contributed by atoms with E-state index in [2.05, 4.69) is 31.2 Å². The molecule has 0 aliphatic rings. The standard InChI is InChI=1S/C14H11BrN4O2S/c1-19(9-4-2-8(15)3-5-9)11-7-6-10-12(17-11)22-13(16-10)18-14(20)21/h2-7H,1H3,(H,16,18)(H,20,21). The van der Waals surface area contributed by atoms with Gasteiger partial charge in [-0.1, -0.05) is 27.3 Å². The zero-order chi connectivity index (χ0) is 15.7. The number of rotatable bonds is 3. The predicted molar refractivity (Wildman–Crippen MR) is 91.3 cm³/mol. The molecule has 0 saturated carbocycles. The number of hydrogen-bond acceptors (Lipinski definition) is 5. The molecule has 2 N–H and O–H groups in total. The van der Waals surface area contributed by atoms with E-state index in [0.29, 0.717) is 15.5 Å². The van der Waals surface area contributed by atoms with Crippen molar-refractivity contribution < 1.29 is 9.90 Å². The molecular weight excluding hydrogens is 368 g/mol. The normalized spacial score (nSPS) is 10.6. The average Bonchev–Trinajstić information content (AvgIpc) is 2.87. The van der Waals surface area contributed by atoms with Crippen molar-refractivity contribution in [2.24, 2.45) is 0 Å². The number of hydrogen-bond donors (Lipinski definition) is 2. The molecule has 0 bridgehead atoms. The molecule has 8 heteroatoms. The molecule has 0 aliphatic heterocycles. The van der Waals surface area contributed by atoms with E-state index in [1.165, 1.54) is 11.3 Å². The van der Waals surface area contributed by atoms with Gasteiger partial charge in [0.25, 0.3) is 0 Å². The lowest BCUT2D eigenvalue weighted by Crippen LogP contribution is -2.10. The number of carboxylic acid groups (broad SMARTS) is 1. The van der Waals surface area contributed by atoms with E-state index in [0.717, 1.165) is 16.0 Å². The molecule has 0 saturated heterocycles. The summed E-state index contributed by atoms with van der Waals surface area (Å²) in [5, 5.41) is 11.3. The van der Waals surface area contributed by atoms with Crippen LogP contribution < -0.4 is 10.2 Å². The summed E-state index contributed by atoms with van der Waals surface area (Å²) in [6, 6.07) is 11.6. The maximum absolute atomic E-state index is 10.7. The lowest BCUT2D eigenvalue weighted by molar-refractivity contribution is 0.210. The molecule has 0 radical (unpaired) electrons. The van der Waals surface area contributed by atoms with E-state index >= 15 is 0 Å². The number of anilines is 3. The molecule has 0 aliphatic carbocycles. The quantitative estimate of drug-likeness (QED) is 0.709. The number of nitrogens with zero attached hydrogens (tertiary/aromatic N) is 3. The van der Waals surface area contributed by atoms with E-state index < -0.39 is 6.09 Å². The van der Waals surface area contributed by atoms with E-state index in [-0.39, 0.29) is 0 Å². The van der Waals surface area contributed by atoms with Gasteiger partial charge in [-0.05, 0) is 36.4 Å². The maximum Gasteiger partial charge on any atom is 0.410 e. The minimum Gasteiger partial charge on any atom is -0.465 e. The van der Waals surface area contributed by atoms with Crippen molar-refractivity contribution in [2.45, 2.75) is 0 Å². The van der Waals surface area contributed by atoms with E-state index in [1.54, 1.807) is 0 Å². The number of fused-ring (bicyclic) bond motifs is 1. The molecule has 0 spiro atoms. The van der Waals surface area contributed by atoms with Crippen LogP contribution in [0.1, 0.15) is 0 Å². The van der Waals surface area contributed by atoms with Gasteiger partial charge in [0, 0.05) is 17.2 Å². The Hall–Kier alpha value is -2.19. The fraction of sp³-hybridized carbons (Fsp3) is 0.0714. The Morgan fingerprint density at radius 3 is 2.64 bits per heavy atom. The Labute approximate surface area is 138 Å². The topological polar surface area (TPSA) is 78.4 Å². The van der Waals surface area contributed by atoms with Gasteiger partial charge < -0.3 is 10.0 Å². The fourth-order valence-corrected chi connectivity index (χ4v) is 3.02. The van der Waals surface area contributed by atoms with Crippen LogP contribution in [-0.4, -0.2) is 28.2 Å². The summed E-state index contributed by atoms with van der Waals surface area (Å²) in [6.07, 6.45) is -1.13. The molecule has 6 nitrogen and oxygen atoms in total. The van der Waals surface area contributed by atoms with Crippen molar-refractivity contribution in [1.82, 2.24) is 9.97 Å². The number of carbonyl (C=O) groups is 1. The molecular formula is C14H11BrN4O2S. The van der Waals surface area contributed by atoms with E-state index in [1.807, 2.05) is 48.3 Å². The zero-order valence-corrected chi connectivity index (χ0v) is 13.8. The third-order valence-electron chi connectivity index (χ3n) is 3.01. The van der Waals surface area contributed by atoms with Crippen LogP contribution in [0, 0.1) is 0 Å². The van der Waals surface area contributed by atoms with Gasteiger partial charge in [0.2, 0.25) is 0 Å². The van der Waals surface area contributed by atoms with Crippen molar-refractivity contribution >= 4 is 60.3 Å². The van der Waals surface area contributed by atoms with Crippen LogP contribution in [0.5, 0.6) is 0 Å². The second kappa shape index (κ2) is 5.90. The molecule has 0 atom stereocenters. The maximum atomic E-state index is 10.7. The second-order valence-electron chi connectivity index (χ2n) is 4.48. The van der Waals surface area contributed by atoms with Gasteiger partial charge in [-0.15, -0.1) is 0 Å². The summed E-state index contributed by atoms with van der Waals surface area (Å²) >= 11 is 4.62. The van der Waals surface area contributed by atoms with Crippen LogP contribution in [0.2, 0.25) is 0 Å². The Balaban J connectivity index is 1.93. The number of nitrogens with one attached hydrogen (secondary N) is 1. The van der Waals surface area contributed by atoms with Gasteiger partial charge in [-0.2, -0.15) is 0 Å². The minimum atomic E-state index is -1.13. The summed E-state index contributed by atoms with van der Waals surface area (Å²) in [4.78, 5) is 22.0. The summed E-state index contributed by atoms with van der Waals surface area (Å²) in [7, 11) is 1.93. The molecule has 112 valence electrons. The SMILES string of the molecule is CN(c1ccc(Br)cc1)c1ccc2nc(NC(=O)O)sc2n1. The van der Waals surface area contributed by atoms with Gasteiger partial charge in [0.05, 0.1) is 0 Å². The highest BCUT2D eigenvalue weighted by Gasteiger charge is 2.11. The summed E-state index contributed by atoms with van der Waals surface area (Å²) in [5.41, 5.74) is 1.67. The lowest BCUT2D eigenvalue weighted by atomic mass is 10.3. The summed E-state index contributed by atoms with van der Waals surface area (Å²) in [6.45, 7) is 0. The first kappa shape index (κ1) is 14.7. The molecule has 22 heavy (non-hydrogen) atoms. The number of benzene rings is 1. The summed E-state index contributed by atoms with van der Waals surface area (Å²) in [5.74, 6) is 0.764. The van der Waals surface area contributed by atoms with E-state index in [4.69, 9.17) is 5.11 Å². The average molecular weight is 379 g/mol. The predicted octanol–water partition coefficient (Wildman–Crippen LogP) is 4.31. The van der Waals surface area contributed by atoms with Crippen LogP contribution in [0.3, 0.4) is 0 Å². The van der Waals surface area contributed by atoms with Gasteiger partial charge in [0.15, 0.2) is 5.13 Å². The minimum absolute atomic E-state index is 0.318. The first-order chi connectivity index (χ1) is 10.5. The van der Waals surface area contributed by atoms with Crippen LogP contribution in [0.15, 0.2) is 40.9 Å². The largest absolute Gasteiger partial charge is 0.465 e. The first-order valence-electron chi connectivity index (χ1n) is 6.30. The Morgan fingerprint density at radius 2 is 1.95 bits per heavy atom.